The Balaban J connectivity index is 1.15. The van der Waals surface area contributed by atoms with Gasteiger partial charge >= 0.3 is 0 Å². The van der Waals surface area contributed by atoms with Gasteiger partial charge in [-0.15, -0.1) is 0 Å². The number of hydrogen-bond donors (Lipinski definition) is 2. The molecule has 8 aromatic carbocycles. The highest BCUT2D eigenvalue weighted by Gasteiger charge is 2.22. The molecular weight excluding hydrogens is 1100 g/mol. The summed E-state index contributed by atoms with van der Waals surface area (Å²) in [5.41, 5.74) is 20.8. The number of ether oxygens (including phenoxy) is 8. The first-order valence-electron chi connectivity index (χ1n) is 28.7. The molecule has 0 amide bonds. The fourth-order valence-electron chi connectivity index (χ4n) is 11.9. The summed E-state index contributed by atoms with van der Waals surface area (Å²) < 4.78 is 46.8. The van der Waals surface area contributed by atoms with Crippen LogP contribution in [0.3, 0.4) is 0 Å². The molecule has 8 bridgehead atoms. The number of aromatic nitrogens is 4. The number of nitrogens with one attached hydrogen (secondary N) is 2. The minimum atomic E-state index is 0.716. The number of hydrogen-bond acceptors (Lipinski definition) is 10. The first kappa shape index (κ1) is 55.9. The van der Waals surface area contributed by atoms with Gasteiger partial charge < -0.3 is 47.9 Å². The van der Waals surface area contributed by atoms with Gasteiger partial charge in [0.2, 0.25) is 0 Å². The number of fused-ring (bicyclic) bond motifs is 8. The molecule has 2 aliphatic rings. The molecule has 0 saturated heterocycles. The Morgan fingerprint density at radius 3 is 0.682 bits per heavy atom. The van der Waals surface area contributed by atoms with E-state index in [1.807, 2.05) is 72.8 Å². The highest BCUT2D eigenvalue weighted by molar-refractivity contribution is 6.01. The molecule has 3 aromatic heterocycles. The van der Waals surface area contributed by atoms with Gasteiger partial charge in [0.15, 0.2) is 0 Å². The predicted octanol–water partition coefficient (Wildman–Crippen LogP) is 18.1. The number of nitrogens with zero attached hydrogens (tertiary/aromatic N) is 2. The Bertz CT molecular complexity index is 4180. The summed E-state index contributed by atoms with van der Waals surface area (Å²) in [6.07, 6.45) is 8.43. The SMILES string of the molecule is COc1ccc(OC)c(-c2cccc(-c3c4nc(c(-c5cccc(-c6cc(OC)ccc6OC)c5)c5ccc([nH]5)c(-c5cccc(-c6cc(OC)ccc6OC)c5)c5nc(c(-c6cccc(-c7cc(OC)ccc7OC)c6)c6ccc3[nH]6)C=C5)C=C4)c2)c1. The Morgan fingerprint density at radius 2 is 0.466 bits per heavy atom. The highest BCUT2D eigenvalue weighted by Crippen LogP contribution is 2.45. The molecule has 0 radical (unpaired) electrons. The Hall–Kier alpha value is -11.2. The number of H-pyrrole nitrogens is 2. The molecule has 0 unspecified atom stereocenters. The van der Waals surface area contributed by atoms with E-state index < -0.39 is 0 Å². The zero-order valence-corrected chi connectivity index (χ0v) is 49.9. The summed E-state index contributed by atoms with van der Waals surface area (Å²) in [6.45, 7) is 0. The number of benzene rings is 8. The summed E-state index contributed by atoms with van der Waals surface area (Å²) in [5, 5.41) is 0. The van der Waals surface area contributed by atoms with Gasteiger partial charge in [0.25, 0.3) is 0 Å². The molecule has 0 atom stereocenters. The van der Waals surface area contributed by atoms with Crippen molar-refractivity contribution in [2.45, 2.75) is 0 Å². The summed E-state index contributed by atoms with van der Waals surface area (Å²) in [6, 6.07) is 65.8. The van der Waals surface area contributed by atoms with Gasteiger partial charge in [0.05, 0.1) is 79.7 Å². The zero-order chi connectivity index (χ0) is 60.4. The molecule has 0 aliphatic carbocycles. The monoisotopic (exact) mass is 1160 g/mol. The molecule has 13 rings (SSSR count). The number of methoxy groups -OCH3 is 8. The second-order valence-electron chi connectivity index (χ2n) is 21.1. The van der Waals surface area contributed by atoms with Crippen molar-refractivity contribution in [3.63, 3.8) is 0 Å². The van der Waals surface area contributed by atoms with Crippen molar-refractivity contribution in [3.05, 3.63) is 217 Å². The fourth-order valence-corrected chi connectivity index (χ4v) is 11.9. The van der Waals surface area contributed by atoms with Crippen molar-refractivity contribution in [2.24, 2.45) is 0 Å². The van der Waals surface area contributed by atoms with Gasteiger partial charge in [-0.25, -0.2) is 9.97 Å². The molecule has 11 aromatic rings. The van der Waals surface area contributed by atoms with Gasteiger partial charge in [0, 0.05) is 66.6 Å². The molecule has 0 fully saturated rings. The second kappa shape index (κ2) is 24.0. The van der Waals surface area contributed by atoms with Crippen LogP contribution in [0.15, 0.2) is 194 Å². The van der Waals surface area contributed by atoms with Crippen LogP contribution in [0.2, 0.25) is 0 Å². The molecule has 88 heavy (non-hydrogen) atoms. The van der Waals surface area contributed by atoms with Crippen molar-refractivity contribution >= 4 is 46.4 Å². The van der Waals surface area contributed by atoms with Crippen LogP contribution in [0.4, 0.5) is 0 Å². The number of rotatable bonds is 16. The number of aromatic amines is 2. The van der Waals surface area contributed by atoms with Crippen LogP contribution in [-0.2, 0) is 0 Å². The maximum atomic E-state index is 5.96. The van der Waals surface area contributed by atoms with Gasteiger partial charge in [-0.2, -0.15) is 0 Å². The van der Waals surface area contributed by atoms with Crippen molar-refractivity contribution in [3.8, 4) is 135 Å². The van der Waals surface area contributed by atoms with E-state index in [-0.39, 0.29) is 0 Å². The third-order valence-corrected chi connectivity index (χ3v) is 16.2. The summed E-state index contributed by atoms with van der Waals surface area (Å²) >= 11 is 0. The average molecular weight is 1160 g/mol. The highest BCUT2D eigenvalue weighted by atomic mass is 16.5. The molecule has 0 saturated carbocycles. The molecule has 2 N–H and O–H groups in total. The normalized spacial score (nSPS) is 11.5. The minimum Gasteiger partial charge on any atom is -0.497 e. The molecule has 2 aliphatic heterocycles. The smallest absolute Gasteiger partial charge is 0.126 e. The predicted molar refractivity (Wildman–Crippen MR) is 355 cm³/mol. The quantitative estimate of drug-likeness (QED) is 0.0964. The Labute approximate surface area is 510 Å². The Morgan fingerprint density at radius 1 is 0.239 bits per heavy atom. The van der Waals surface area contributed by atoms with Crippen LogP contribution in [0.1, 0.15) is 22.8 Å². The van der Waals surface area contributed by atoms with Gasteiger partial charge in [-0.3, -0.25) is 0 Å². The van der Waals surface area contributed by atoms with E-state index >= 15 is 0 Å². The molecule has 12 nitrogen and oxygen atoms in total. The zero-order valence-electron chi connectivity index (χ0n) is 49.9. The van der Waals surface area contributed by atoms with Crippen molar-refractivity contribution < 1.29 is 37.9 Å². The summed E-state index contributed by atoms with van der Waals surface area (Å²) in [4.78, 5) is 19.3. The van der Waals surface area contributed by atoms with Crippen molar-refractivity contribution in [2.75, 3.05) is 56.9 Å². The summed E-state index contributed by atoms with van der Waals surface area (Å²) in [5.74, 6) is 5.73. The largest absolute Gasteiger partial charge is 0.497 e. The van der Waals surface area contributed by atoms with E-state index in [4.69, 9.17) is 47.9 Å². The molecule has 12 heteroatoms. The van der Waals surface area contributed by atoms with Crippen LogP contribution in [0.25, 0.3) is 135 Å². The van der Waals surface area contributed by atoms with Crippen LogP contribution >= 0.6 is 0 Å². The average Bonchev–Trinajstić information content (AvgIpc) is 2.21. The van der Waals surface area contributed by atoms with E-state index in [0.717, 1.165) is 157 Å². The lowest BCUT2D eigenvalue weighted by Gasteiger charge is -2.13. The molecule has 5 heterocycles. The lowest BCUT2D eigenvalue weighted by Crippen LogP contribution is -1.93. The molecule has 434 valence electrons. The fraction of sp³-hybridized carbons (Fsp3) is 0.105. The second-order valence-corrected chi connectivity index (χ2v) is 21.1. The van der Waals surface area contributed by atoms with Gasteiger partial charge in [0.1, 0.15) is 46.0 Å². The maximum absolute atomic E-state index is 5.96. The third kappa shape index (κ3) is 10.5. The minimum absolute atomic E-state index is 0.716. The summed E-state index contributed by atoms with van der Waals surface area (Å²) in [7, 11) is 13.4. The lowest BCUT2D eigenvalue weighted by atomic mass is 9.97. The van der Waals surface area contributed by atoms with Crippen LogP contribution in [0.5, 0.6) is 46.0 Å². The van der Waals surface area contributed by atoms with E-state index in [1.54, 1.807) is 56.9 Å². The van der Waals surface area contributed by atoms with Crippen molar-refractivity contribution in [1.82, 2.24) is 19.9 Å². The van der Waals surface area contributed by atoms with E-state index in [9.17, 15) is 0 Å². The van der Waals surface area contributed by atoms with Crippen LogP contribution in [-0.4, -0.2) is 76.8 Å². The first-order valence-corrected chi connectivity index (χ1v) is 28.7. The van der Waals surface area contributed by atoms with Crippen LogP contribution in [0, 0.1) is 0 Å². The molecular formula is C76H62N4O8. The van der Waals surface area contributed by atoms with E-state index in [0.29, 0.717) is 23.0 Å². The maximum Gasteiger partial charge on any atom is 0.126 e. The standard InChI is InChI=1S/C76H62N4O8/c1-81-53-21-33-69(85-5)57(41-53)45-13-9-17-49(37-45)73-61-25-27-63(77-61)74(50-18-10-14-46(38-50)58-42-54(82-2)22-34-70(58)86-6)65-29-31-67(79-65)76(52-20-12-16-48(40-52)60-44-56(84-4)24-36-72(60)88-8)68-32-30-66(80-68)75(64-28-26-62(73)78-64)51-19-11-15-47(39-51)59-43-55(83-3)23-35-71(59)87-7/h9-44,77,80H,1-8H3. The van der Waals surface area contributed by atoms with E-state index in [2.05, 4.69) is 156 Å². The Kier molecular flexibility index (Phi) is 15.3. The van der Waals surface area contributed by atoms with Gasteiger partial charge in [-0.05, 0) is 190 Å². The van der Waals surface area contributed by atoms with Gasteiger partial charge in [-0.1, -0.05) is 72.8 Å². The lowest BCUT2D eigenvalue weighted by molar-refractivity contribution is 0.404. The first-order chi connectivity index (χ1) is 43.2. The topological polar surface area (TPSA) is 131 Å². The molecule has 0 spiro atoms. The third-order valence-electron chi connectivity index (χ3n) is 16.2. The van der Waals surface area contributed by atoms with E-state index in [1.165, 1.54) is 0 Å². The van der Waals surface area contributed by atoms with Crippen molar-refractivity contribution in [1.29, 1.82) is 0 Å². The van der Waals surface area contributed by atoms with Crippen LogP contribution < -0.4 is 37.9 Å².